The molecule has 0 spiro atoms. The van der Waals surface area contributed by atoms with Crippen LogP contribution in [-0.4, -0.2) is 19.7 Å². The van der Waals surface area contributed by atoms with Gasteiger partial charge in [0.2, 0.25) is 0 Å². The number of nitrogens with one attached hydrogen (secondary N) is 2. The number of aromatic amines is 2. The van der Waals surface area contributed by atoms with E-state index < -0.39 is 17.3 Å². The van der Waals surface area contributed by atoms with Crippen LogP contribution in [0.1, 0.15) is 5.56 Å². The second-order valence-electron chi connectivity index (χ2n) is 4.27. The summed E-state index contributed by atoms with van der Waals surface area (Å²) in [6, 6.07) is 4.64. The third-order valence-corrected chi connectivity index (χ3v) is 3.10. The number of fused-ring (bicyclic) bond motifs is 1. The molecule has 0 amide bonds. The number of hydrogen-bond acceptors (Lipinski definition) is 3. The van der Waals surface area contributed by atoms with Gasteiger partial charge in [0, 0.05) is 0 Å². The summed E-state index contributed by atoms with van der Waals surface area (Å²) in [5.41, 5.74) is -0.835. The molecular formula is C12H7F3N4OS. The molecule has 0 bridgehead atoms. The van der Waals surface area contributed by atoms with E-state index in [-0.39, 0.29) is 21.5 Å². The van der Waals surface area contributed by atoms with E-state index in [0.717, 1.165) is 12.1 Å². The molecule has 108 valence electrons. The van der Waals surface area contributed by atoms with Crippen molar-refractivity contribution in [3.05, 3.63) is 51.2 Å². The summed E-state index contributed by atoms with van der Waals surface area (Å²) < 4.78 is 39.5. The van der Waals surface area contributed by atoms with E-state index in [1.807, 2.05) is 0 Å². The van der Waals surface area contributed by atoms with Crippen molar-refractivity contribution in [1.29, 1.82) is 0 Å². The summed E-state index contributed by atoms with van der Waals surface area (Å²) in [5, 5.41) is 4.15. The molecule has 0 atom stereocenters. The van der Waals surface area contributed by atoms with Crippen LogP contribution >= 0.6 is 12.2 Å². The fourth-order valence-electron chi connectivity index (χ4n) is 1.95. The molecule has 0 unspecified atom stereocenters. The van der Waals surface area contributed by atoms with Gasteiger partial charge < -0.3 is 4.98 Å². The lowest BCUT2D eigenvalue weighted by Gasteiger charge is -2.09. The molecule has 9 heteroatoms. The lowest BCUT2D eigenvalue weighted by molar-refractivity contribution is -0.137. The molecule has 0 aliphatic carbocycles. The van der Waals surface area contributed by atoms with E-state index in [0.29, 0.717) is 0 Å². The van der Waals surface area contributed by atoms with Crippen molar-refractivity contribution in [2.45, 2.75) is 6.18 Å². The molecule has 0 aliphatic heterocycles. The Labute approximate surface area is 120 Å². The van der Waals surface area contributed by atoms with Gasteiger partial charge in [0.15, 0.2) is 4.77 Å². The van der Waals surface area contributed by atoms with Gasteiger partial charge in [-0.2, -0.15) is 18.3 Å². The molecule has 2 N–H and O–H groups in total. The second-order valence-corrected chi connectivity index (χ2v) is 4.68. The Bertz CT molecular complexity index is 938. The first-order valence-corrected chi connectivity index (χ1v) is 6.15. The van der Waals surface area contributed by atoms with Crippen LogP contribution < -0.4 is 5.56 Å². The first-order valence-electron chi connectivity index (χ1n) is 5.74. The number of nitrogens with zero attached hydrogens (tertiary/aromatic N) is 2. The molecule has 0 aliphatic rings. The largest absolute Gasteiger partial charge is 0.416 e. The van der Waals surface area contributed by atoms with Crippen molar-refractivity contribution >= 4 is 23.3 Å². The minimum Gasteiger partial charge on any atom is -0.316 e. The van der Waals surface area contributed by atoms with Crippen LogP contribution in [0.15, 0.2) is 35.3 Å². The van der Waals surface area contributed by atoms with Crippen molar-refractivity contribution in [2.75, 3.05) is 0 Å². The predicted molar refractivity (Wildman–Crippen MR) is 71.9 cm³/mol. The van der Waals surface area contributed by atoms with Crippen LogP contribution in [-0.2, 0) is 6.18 Å². The van der Waals surface area contributed by atoms with Crippen LogP contribution in [0, 0.1) is 4.77 Å². The van der Waals surface area contributed by atoms with Gasteiger partial charge in [-0.25, -0.2) is 4.68 Å². The maximum atomic E-state index is 12.7. The Kier molecular flexibility index (Phi) is 2.94. The lowest BCUT2D eigenvalue weighted by atomic mass is 10.2. The summed E-state index contributed by atoms with van der Waals surface area (Å²) in [6.07, 6.45) is -3.19. The minimum absolute atomic E-state index is 0.0706. The Balaban J connectivity index is 2.27. The Hall–Kier alpha value is -2.42. The van der Waals surface area contributed by atoms with Gasteiger partial charge in [-0.1, -0.05) is 6.07 Å². The lowest BCUT2D eigenvalue weighted by Crippen LogP contribution is -2.09. The molecular weight excluding hydrogens is 305 g/mol. The first-order chi connectivity index (χ1) is 9.86. The smallest absolute Gasteiger partial charge is 0.316 e. The topological polar surface area (TPSA) is 66.5 Å². The Morgan fingerprint density at radius 2 is 2.00 bits per heavy atom. The van der Waals surface area contributed by atoms with E-state index in [4.69, 9.17) is 12.2 Å². The fraction of sp³-hybridized carbons (Fsp3) is 0.0833. The minimum atomic E-state index is -4.46. The molecule has 2 aromatic heterocycles. The zero-order valence-corrected chi connectivity index (χ0v) is 11.0. The van der Waals surface area contributed by atoms with E-state index in [1.54, 1.807) is 0 Å². The van der Waals surface area contributed by atoms with Crippen molar-refractivity contribution in [3.63, 3.8) is 0 Å². The molecule has 0 fully saturated rings. The molecule has 3 rings (SSSR count). The summed E-state index contributed by atoms with van der Waals surface area (Å²) in [6.45, 7) is 0. The average Bonchev–Trinajstić information content (AvgIpc) is 2.82. The zero-order valence-electron chi connectivity index (χ0n) is 10.2. The monoisotopic (exact) mass is 312 g/mol. The summed E-state index contributed by atoms with van der Waals surface area (Å²) in [4.78, 5) is 16.8. The van der Waals surface area contributed by atoms with Crippen molar-refractivity contribution in [1.82, 2.24) is 19.7 Å². The molecule has 0 saturated carbocycles. The maximum absolute atomic E-state index is 12.7. The number of aromatic nitrogens is 4. The van der Waals surface area contributed by atoms with Crippen molar-refractivity contribution < 1.29 is 13.2 Å². The van der Waals surface area contributed by atoms with E-state index in [1.165, 1.54) is 23.0 Å². The van der Waals surface area contributed by atoms with Crippen molar-refractivity contribution in [2.24, 2.45) is 0 Å². The van der Waals surface area contributed by atoms with Gasteiger partial charge in [-0.3, -0.25) is 9.78 Å². The number of rotatable bonds is 1. The SMILES string of the molecule is O=c1[nH]c(=S)[nH]c2c1cnn2-c1cccc(C(F)(F)F)c1. The number of benzene rings is 1. The number of hydrogen-bond donors (Lipinski definition) is 2. The summed E-state index contributed by atoms with van der Waals surface area (Å²) in [5.74, 6) is 0. The standard InChI is InChI=1S/C12H7F3N4OS/c13-12(14,15)6-2-1-3-7(4-6)19-9-8(5-16-19)10(20)18-11(21)17-9/h1-5H,(H2,17,18,20,21). The maximum Gasteiger partial charge on any atom is 0.416 e. The molecule has 0 radical (unpaired) electrons. The third-order valence-electron chi connectivity index (χ3n) is 2.89. The molecule has 0 saturated heterocycles. The van der Waals surface area contributed by atoms with Crippen LogP contribution in [0.4, 0.5) is 13.2 Å². The summed E-state index contributed by atoms with van der Waals surface area (Å²) >= 11 is 4.86. The van der Waals surface area contributed by atoms with Gasteiger partial charge >= 0.3 is 6.18 Å². The van der Waals surface area contributed by atoms with Gasteiger partial charge in [-0.15, -0.1) is 0 Å². The van der Waals surface area contributed by atoms with Gasteiger partial charge in [0.25, 0.3) is 5.56 Å². The van der Waals surface area contributed by atoms with Crippen LogP contribution in [0.25, 0.3) is 16.7 Å². The fourth-order valence-corrected chi connectivity index (χ4v) is 2.14. The van der Waals surface area contributed by atoms with Crippen LogP contribution in [0.2, 0.25) is 0 Å². The molecule has 1 aromatic carbocycles. The van der Waals surface area contributed by atoms with Gasteiger partial charge in [-0.05, 0) is 30.4 Å². The number of halogens is 3. The molecule has 5 nitrogen and oxygen atoms in total. The quantitative estimate of drug-likeness (QED) is 0.679. The molecule has 21 heavy (non-hydrogen) atoms. The van der Waals surface area contributed by atoms with Gasteiger partial charge in [0.1, 0.15) is 11.0 Å². The van der Waals surface area contributed by atoms with E-state index in [2.05, 4.69) is 15.1 Å². The van der Waals surface area contributed by atoms with Gasteiger partial charge in [0.05, 0.1) is 17.4 Å². The van der Waals surface area contributed by atoms with E-state index in [9.17, 15) is 18.0 Å². The van der Waals surface area contributed by atoms with Crippen LogP contribution in [0.5, 0.6) is 0 Å². The predicted octanol–water partition coefficient (Wildman–Crippen LogP) is 2.79. The van der Waals surface area contributed by atoms with E-state index >= 15 is 0 Å². The highest BCUT2D eigenvalue weighted by atomic mass is 32.1. The van der Waals surface area contributed by atoms with Crippen LogP contribution in [0.3, 0.4) is 0 Å². The normalized spacial score (nSPS) is 12.0. The average molecular weight is 312 g/mol. The second kappa shape index (κ2) is 4.55. The molecule has 3 aromatic rings. The Morgan fingerprint density at radius 1 is 1.24 bits per heavy atom. The number of H-pyrrole nitrogens is 2. The van der Waals surface area contributed by atoms with Crippen molar-refractivity contribution in [3.8, 4) is 5.69 Å². The summed E-state index contributed by atoms with van der Waals surface area (Å²) in [7, 11) is 0. The first kappa shape index (κ1) is 13.6. The third kappa shape index (κ3) is 2.35. The highest BCUT2D eigenvalue weighted by Gasteiger charge is 2.30. The number of alkyl halides is 3. The zero-order chi connectivity index (χ0) is 15.2. The highest BCUT2D eigenvalue weighted by Crippen LogP contribution is 2.30. The Morgan fingerprint density at radius 3 is 2.71 bits per heavy atom. The molecule has 2 heterocycles. The highest BCUT2D eigenvalue weighted by molar-refractivity contribution is 7.71.